The second kappa shape index (κ2) is 6.85. The van der Waals surface area contributed by atoms with Crippen molar-refractivity contribution in [1.82, 2.24) is 9.80 Å². The fourth-order valence-electron chi connectivity index (χ4n) is 2.94. The molecule has 0 unspecified atom stereocenters. The highest BCUT2D eigenvalue weighted by atomic mass is 35.5. The van der Waals surface area contributed by atoms with Gasteiger partial charge in [0.1, 0.15) is 5.82 Å². The number of rotatable bonds is 5. The van der Waals surface area contributed by atoms with Gasteiger partial charge < -0.3 is 10.0 Å². The van der Waals surface area contributed by atoms with Gasteiger partial charge >= 0.3 is 0 Å². The Labute approximate surface area is 124 Å². The third kappa shape index (κ3) is 3.92. The summed E-state index contributed by atoms with van der Waals surface area (Å²) in [6.07, 6.45) is 0. The van der Waals surface area contributed by atoms with Crippen LogP contribution in [0.1, 0.15) is 5.56 Å². The molecule has 1 heterocycles. The van der Waals surface area contributed by atoms with E-state index in [-0.39, 0.29) is 17.4 Å². The molecular formula is C15H22ClFN2O. The smallest absolute Gasteiger partial charge is 0.142 e. The number of nitrogens with zero attached hydrogens (tertiary/aromatic N) is 2. The molecule has 0 saturated carbocycles. The molecule has 1 fully saturated rings. The lowest BCUT2D eigenvalue weighted by atomic mass is 9.97. The van der Waals surface area contributed by atoms with Crippen molar-refractivity contribution < 1.29 is 9.50 Å². The van der Waals surface area contributed by atoms with Crippen LogP contribution in [0.25, 0.3) is 0 Å². The Morgan fingerprint density at radius 1 is 1.35 bits per heavy atom. The standard InChI is InChI=1S/C15H22ClFN2O/c1-18(2)7-12-8-19(9-13(12)10-20)6-11-3-4-14(16)15(17)5-11/h3-5,12-13,20H,6-10H2,1-2H3/t12-,13-/m1/s1. The molecule has 112 valence electrons. The predicted molar refractivity (Wildman–Crippen MR) is 79.3 cm³/mol. The molecule has 1 aromatic rings. The van der Waals surface area contributed by atoms with Gasteiger partial charge in [0, 0.05) is 32.8 Å². The zero-order valence-corrected chi connectivity index (χ0v) is 12.8. The molecule has 0 aliphatic carbocycles. The first-order valence-electron chi connectivity index (χ1n) is 6.91. The summed E-state index contributed by atoms with van der Waals surface area (Å²) in [6, 6.07) is 4.96. The molecule has 1 aliphatic heterocycles. The van der Waals surface area contributed by atoms with Gasteiger partial charge in [-0.25, -0.2) is 4.39 Å². The maximum Gasteiger partial charge on any atom is 0.142 e. The SMILES string of the molecule is CN(C)C[C@@H]1CN(Cc2ccc(Cl)c(F)c2)C[C@@H]1CO. The fraction of sp³-hybridized carbons (Fsp3) is 0.600. The van der Waals surface area contributed by atoms with E-state index in [1.165, 1.54) is 6.07 Å². The van der Waals surface area contributed by atoms with Gasteiger partial charge in [0.25, 0.3) is 0 Å². The molecule has 0 amide bonds. The lowest BCUT2D eigenvalue weighted by Crippen LogP contribution is -2.28. The van der Waals surface area contributed by atoms with Gasteiger partial charge in [-0.1, -0.05) is 17.7 Å². The summed E-state index contributed by atoms with van der Waals surface area (Å²) in [4.78, 5) is 4.43. The summed E-state index contributed by atoms with van der Waals surface area (Å²) in [5.41, 5.74) is 0.925. The van der Waals surface area contributed by atoms with Crippen LogP contribution in [0.15, 0.2) is 18.2 Å². The summed E-state index contributed by atoms with van der Waals surface area (Å²) in [7, 11) is 4.09. The van der Waals surface area contributed by atoms with E-state index >= 15 is 0 Å². The fourth-order valence-corrected chi connectivity index (χ4v) is 3.06. The quantitative estimate of drug-likeness (QED) is 0.902. The Morgan fingerprint density at radius 2 is 2.05 bits per heavy atom. The third-order valence-corrected chi connectivity index (χ3v) is 4.18. The Morgan fingerprint density at radius 3 is 2.65 bits per heavy atom. The molecule has 3 nitrogen and oxygen atoms in total. The number of likely N-dealkylation sites (tertiary alicyclic amines) is 1. The van der Waals surface area contributed by atoms with Gasteiger partial charge in [0.15, 0.2) is 0 Å². The van der Waals surface area contributed by atoms with Crippen molar-refractivity contribution in [2.24, 2.45) is 11.8 Å². The number of hydrogen-bond donors (Lipinski definition) is 1. The number of hydrogen-bond acceptors (Lipinski definition) is 3. The molecule has 1 aliphatic rings. The molecule has 0 bridgehead atoms. The number of aliphatic hydroxyl groups excluding tert-OH is 1. The number of benzene rings is 1. The Hall–Kier alpha value is -0.680. The zero-order chi connectivity index (χ0) is 14.7. The van der Waals surface area contributed by atoms with Gasteiger partial charge in [-0.3, -0.25) is 4.90 Å². The monoisotopic (exact) mass is 300 g/mol. The molecule has 20 heavy (non-hydrogen) atoms. The van der Waals surface area contributed by atoms with Gasteiger partial charge in [0.2, 0.25) is 0 Å². The Bertz CT molecular complexity index is 455. The van der Waals surface area contributed by atoms with Crippen molar-refractivity contribution in [3.05, 3.63) is 34.6 Å². The van der Waals surface area contributed by atoms with Crippen LogP contribution < -0.4 is 0 Å². The summed E-state index contributed by atoms with van der Waals surface area (Å²) >= 11 is 5.70. The first-order valence-corrected chi connectivity index (χ1v) is 7.29. The number of aliphatic hydroxyl groups is 1. The van der Waals surface area contributed by atoms with E-state index in [1.807, 2.05) is 20.2 Å². The van der Waals surface area contributed by atoms with E-state index in [0.717, 1.165) is 25.2 Å². The van der Waals surface area contributed by atoms with Gasteiger partial charge in [-0.2, -0.15) is 0 Å². The molecular weight excluding hydrogens is 279 g/mol. The van der Waals surface area contributed by atoms with Crippen molar-refractivity contribution in [2.45, 2.75) is 6.54 Å². The minimum atomic E-state index is -0.369. The molecule has 0 radical (unpaired) electrons. The van der Waals surface area contributed by atoms with E-state index < -0.39 is 0 Å². The Balaban J connectivity index is 1.98. The maximum atomic E-state index is 13.4. The maximum absolute atomic E-state index is 13.4. The van der Waals surface area contributed by atoms with Crippen molar-refractivity contribution in [3.63, 3.8) is 0 Å². The van der Waals surface area contributed by atoms with Crippen LogP contribution in [-0.2, 0) is 6.54 Å². The predicted octanol–water partition coefficient (Wildman–Crippen LogP) is 2.08. The van der Waals surface area contributed by atoms with E-state index in [0.29, 0.717) is 18.4 Å². The first kappa shape index (κ1) is 15.7. The van der Waals surface area contributed by atoms with E-state index in [2.05, 4.69) is 9.80 Å². The van der Waals surface area contributed by atoms with Crippen LogP contribution in [0, 0.1) is 17.7 Å². The van der Waals surface area contributed by atoms with Crippen LogP contribution in [0.5, 0.6) is 0 Å². The van der Waals surface area contributed by atoms with Crippen LogP contribution >= 0.6 is 11.6 Å². The normalized spacial score (nSPS) is 23.7. The molecule has 0 spiro atoms. The van der Waals surface area contributed by atoms with Crippen LogP contribution in [0.4, 0.5) is 4.39 Å². The molecule has 1 aromatic carbocycles. The van der Waals surface area contributed by atoms with Crippen molar-refractivity contribution in [3.8, 4) is 0 Å². The van der Waals surface area contributed by atoms with E-state index in [9.17, 15) is 9.50 Å². The molecule has 2 atom stereocenters. The summed E-state index contributed by atoms with van der Waals surface area (Å²) in [6.45, 7) is 3.68. The lowest BCUT2D eigenvalue weighted by molar-refractivity contribution is 0.183. The summed E-state index contributed by atoms with van der Waals surface area (Å²) in [5.74, 6) is 0.397. The highest BCUT2D eigenvalue weighted by molar-refractivity contribution is 6.30. The molecule has 5 heteroatoms. The van der Waals surface area contributed by atoms with Crippen LogP contribution in [-0.4, -0.2) is 55.2 Å². The highest BCUT2D eigenvalue weighted by Gasteiger charge is 2.32. The molecule has 1 N–H and O–H groups in total. The van der Waals surface area contributed by atoms with Crippen molar-refractivity contribution >= 4 is 11.6 Å². The zero-order valence-electron chi connectivity index (χ0n) is 12.0. The second-order valence-corrected chi connectivity index (χ2v) is 6.31. The van der Waals surface area contributed by atoms with Crippen molar-refractivity contribution in [1.29, 1.82) is 0 Å². The lowest BCUT2D eigenvalue weighted by Gasteiger charge is -2.20. The first-order chi connectivity index (χ1) is 9.49. The van der Waals surface area contributed by atoms with Crippen LogP contribution in [0.3, 0.4) is 0 Å². The third-order valence-electron chi connectivity index (χ3n) is 3.88. The van der Waals surface area contributed by atoms with Crippen molar-refractivity contribution in [2.75, 3.05) is 40.3 Å². The second-order valence-electron chi connectivity index (χ2n) is 5.91. The van der Waals surface area contributed by atoms with E-state index in [4.69, 9.17) is 11.6 Å². The summed E-state index contributed by atoms with van der Waals surface area (Å²) in [5, 5.41) is 9.65. The topological polar surface area (TPSA) is 26.7 Å². The average molecular weight is 301 g/mol. The van der Waals surface area contributed by atoms with Crippen LogP contribution in [0.2, 0.25) is 5.02 Å². The molecule has 1 saturated heterocycles. The number of halogens is 2. The highest BCUT2D eigenvalue weighted by Crippen LogP contribution is 2.26. The molecule has 2 rings (SSSR count). The minimum Gasteiger partial charge on any atom is -0.396 e. The largest absolute Gasteiger partial charge is 0.396 e. The van der Waals surface area contributed by atoms with Gasteiger partial charge in [-0.05, 0) is 43.6 Å². The van der Waals surface area contributed by atoms with Gasteiger partial charge in [0.05, 0.1) is 5.02 Å². The summed E-state index contributed by atoms with van der Waals surface area (Å²) < 4.78 is 13.4. The Kier molecular flexibility index (Phi) is 5.38. The molecule has 0 aromatic heterocycles. The average Bonchev–Trinajstić information content (AvgIpc) is 2.75. The van der Waals surface area contributed by atoms with Gasteiger partial charge in [-0.15, -0.1) is 0 Å². The van der Waals surface area contributed by atoms with E-state index in [1.54, 1.807) is 6.07 Å². The minimum absolute atomic E-state index is 0.161.